The van der Waals surface area contributed by atoms with Crippen molar-refractivity contribution in [1.29, 1.82) is 0 Å². The Morgan fingerprint density at radius 2 is 1.39 bits per heavy atom. The fraction of sp³-hybridized carbons (Fsp3) is 0.429. The van der Waals surface area contributed by atoms with Gasteiger partial charge >= 0.3 is 0 Å². The van der Waals surface area contributed by atoms with E-state index < -0.39 is 20.0 Å². The number of hydrogen-bond donors (Lipinski definition) is 1. The van der Waals surface area contributed by atoms with Crippen LogP contribution in [0.25, 0.3) is 0 Å². The lowest BCUT2D eigenvalue weighted by Gasteiger charge is -2.34. The molecular formula is C21H28N2O6S2. The number of anilines is 1. The number of benzene rings is 2. The van der Waals surface area contributed by atoms with E-state index in [0.717, 1.165) is 6.42 Å². The second-order valence-corrected chi connectivity index (χ2v) is 11.5. The van der Waals surface area contributed by atoms with E-state index in [9.17, 15) is 16.8 Å². The van der Waals surface area contributed by atoms with Gasteiger partial charge in [0.1, 0.15) is 0 Å². The van der Waals surface area contributed by atoms with E-state index in [0.29, 0.717) is 30.7 Å². The van der Waals surface area contributed by atoms with Gasteiger partial charge in [-0.2, -0.15) is 4.31 Å². The van der Waals surface area contributed by atoms with Crippen molar-refractivity contribution in [2.75, 3.05) is 32.0 Å². The fourth-order valence-corrected chi connectivity index (χ4v) is 6.60. The normalized spacial score (nSPS) is 20.3. The van der Waals surface area contributed by atoms with Crippen LogP contribution in [0.2, 0.25) is 0 Å². The molecule has 8 nitrogen and oxygen atoms in total. The van der Waals surface area contributed by atoms with Gasteiger partial charge in [0.2, 0.25) is 10.0 Å². The predicted octanol–water partition coefficient (Wildman–Crippen LogP) is 3.17. The van der Waals surface area contributed by atoms with E-state index in [-0.39, 0.29) is 21.2 Å². The molecule has 1 heterocycles. The highest BCUT2D eigenvalue weighted by molar-refractivity contribution is 7.92. The van der Waals surface area contributed by atoms with E-state index in [1.54, 1.807) is 0 Å². The molecule has 1 fully saturated rings. The van der Waals surface area contributed by atoms with Crippen LogP contribution in [0.3, 0.4) is 0 Å². The Bertz CT molecular complexity index is 1120. The van der Waals surface area contributed by atoms with Crippen molar-refractivity contribution in [3.63, 3.8) is 0 Å². The minimum absolute atomic E-state index is 0.00172. The van der Waals surface area contributed by atoms with Crippen molar-refractivity contribution < 1.29 is 26.3 Å². The summed E-state index contributed by atoms with van der Waals surface area (Å²) in [4.78, 5) is 0.140. The number of nitrogens with one attached hydrogen (secondary N) is 1. The number of rotatable bonds is 7. The Kier molecular flexibility index (Phi) is 6.82. The molecule has 1 N–H and O–H groups in total. The molecule has 0 radical (unpaired) electrons. The fourth-order valence-electron chi connectivity index (χ4n) is 3.84. The number of methoxy groups -OCH3 is 2. The Morgan fingerprint density at radius 3 is 1.94 bits per heavy atom. The second-order valence-electron chi connectivity index (χ2n) is 7.91. The topological polar surface area (TPSA) is 102 Å². The lowest BCUT2D eigenvalue weighted by molar-refractivity contribution is 0.222. The number of nitrogens with zero attached hydrogens (tertiary/aromatic N) is 1. The zero-order valence-corrected chi connectivity index (χ0v) is 19.7. The van der Waals surface area contributed by atoms with Gasteiger partial charge in [0, 0.05) is 24.8 Å². The summed E-state index contributed by atoms with van der Waals surface area (Å²) in [6.45, 7) is 5.06. The lowest BCUT2D eigenvalue weighted by Crippen LogP contribution is -2.42. The van der Waals surface area contributed by atoms with Crippen LogP contribution >= 0.6 is 0 Å². The van der Waals surface area contributed by atoms with E-state index in [1.807, 2.05) is 13.8 Å². The van der Waals surface area contributed by atoms with Crippen molar-refractivity contribution in [3.8, 4) is 11.5 Å². The van der Waals surface area contributed by atoms with Gasteiger partial charge in [-0.15, -0.1) is 0 Å². The smallest absolute Gasteiger partial charge is 0.262 e. The SMILES string of the molecule is COc1ccc(S(=O)(=O)Nc2ccc(S(=O)(=O)N3CC(C)CC(C)C3)cc2)cc1OC. The van der Waals surface area contributed by atoms with Crippen LogP contribution in [0.5, 0.6) is 11.5 Å². The monoisotopic (exact) mass is 468 g/mol. The van der Waals surface area contributed by atoms with Gasteiger partial charge in [-0.05, 0) is 54.7 Å². The van der Waals surface area contributed by atoms with Gasteiger partial charge in [0.15, 0.2) is 11.5 Å². The molecule has 10 heteroatoms. The number of hydrogen-bond acceptors (Lipinski definition) is 6. The average molecular weight is 469 g/mol. The van der Waals surface area contributed by atoms with E-state index in [1.165, 1.54) is 61.0 Å². The van der Waals surface area contributed by atoms with E-state index >= 15 is 0 Å². The minimum atomic E-state index is -3.90. The van der Waals surface area contributed by atoms with Gasteiger partial charge < -0.3 is 9.47 Å². The molecule has 0 aromatic heterocycles. The maximum absolute atomic E-state index is 13.0. The molecule has 2 aromatic rings. The average Bonchev–Trinajstić information content (AvgIpc) is 2.72. The van der Waals surface area contributed by atoms with Gasteiger partial charge in [0.05, 0.1) is 24.0 Å². The zero-order chi connectivity index (χ0) is 22.8. The third-order valence-electron chi connectivity index (χ3n) is 5.24. The molecule has 0 spiro atoms. The molecule has 1 aliphatic rings. The predicted molar refractivity (Wildman–Crippen MR) is 119 cm³/mol. The molecule has 170 valence electrons. The highest BCUT2D eigenvalue weighted by Gasteiger charge is 2.31. The van der Waals surface area contributed by atoms with Crippen LogP contribution in [0.4, 0.5) is 5.69 Å². The van der Waals surface area contributed by atoms with Crippen LogP contribution in [-0.4, -0.2) is 48.4 Å². The lowest BCUT2D eigenvalue weighted by atomic mass is 9.94. The summed E-state index contributed by atoms with van der Waals surface area (Å²) in [5, 5.41) is 0. The van der Waals surface area contributed by atoms with Crippen LogP contribution < -0.4 is 14.2 Å². The maximum atomic E-state index is 13.0. The highest BCUT2D eigenvalue weighted by atomic mass is 32.2. The molecule has 2 unspecified atom stereocenters. The zero-order valence-electron chi connectivity index (χ0n) is 18.0. The molecule has 3 rings (SSSR count). The van der Waals surface area contributed by atoms with Crippen LogP contribution in [0, 0.1) is 11.8 Å². The van der Waals surface area contributed by atoms with Gasteiger partial charge in [-0.1, -0.05) is 13.8 Å². The van der Waals surface area contributed by atoms with Crippen molar-refractivity contribution in [1.82, 2.24) is 4.31 Å². The summed E-state index contributed by atoms with van der Waals surface area (Å²) in [6.07, 6.45) is 1.00. The molecular weight excluding hydrogens is 440 g/mol. The van der Waals surface area contributed by atoms with Crippen molar-refractivity contribution in [2.24, 2.45) is 11.8 Å². The van der Waals surface area contributed by atoms with Crippen LogP contribution in [0.1, 0.15) is 20.3 Å². The van der Waals surface area contributed by atoms with Crippen LogP contribution in [0.15, 0.2) is 52.3 Å². The third kappa shape index (κ3) is 5.13. The summed E-state index contributed by atoms with van der Waals surface area (Å²) in [5.41, 5.74) is 0.258. The molecule has 0 bridgehead atoms. The summed E-state index contributed by atoms with van der Waals surface area (Å²) >= 11 is 0. The molecule has 31 heavy (non-hydrogen) atoms. The van der Waals surface area contributed by atoms with Crippen molar-refractivity contribution in [3.05, 3.63) is 42.5 Å². The first-order valence-corrected chi connectivity index (χ1v) is 12.8. The Balaban J connectivity index is 1.80. The van der Waals surface area contributed by atoms with Gasteiger partial charge in [0.25, 0.3) is 10.0 Å². The summed E-state index contributed by atoms with van der Waals surface area (Å²) < 4.78 is 65.7. The highest BCUT2D eigenvalue weighted by Crippen LogP contribution is 2.31. The first-order valence-electron chi connectivity index (χ1n) is 9.92. The standard InChI is InChI=1S/C21H28N2O6S2/c1-15-11-16(2)14-23(13-15)31(26,27)18-7-5-17(6-8-18)22-30(24,25)19-9-10-20(28-3)21(12-19)29-4/h5-10,12,15-16,22H,11,13-14H2,1-4H3. The first-order chi connectivity index (χ1) is 14.6. The maximum Gasteiger partial charge on any atom is 0.262 e. The number of sulfonamides is 2. The third-order valence-corrected chi connectivity index (χ3v) is 8.47. The van der Waals surface area contributed by atoms with Gasteiger partial charge in [-0.25, -0.2) is 16.8 Å². The summed E-state index contributed by atoms with van der Waals surface area (Å²) in [6, 6.07) is 10.0. The van der Waals surface area contributed by atoms with Crippen molar-refractivity contribution in [2.45, 2.75) is 30.1 Å². The van der Waals surface area contributed by atoms with E-state index in [4.69, 9.17) is 9.47 Å². The molecule has 0 saturated carbocycles. The Labute approximate surface area is 184 Å². The summed E-state index contributed by atoms with van der Waals surface area (Å²) in [7, 11) is -4.65. The molecule has 0 aliphatic carbocycles. The molecule has 2 atom stereocenters. The Hall–Kier alpha value is -2.30. The molecule has 0 amide bonds. The molecule has 1 saturated heterocycles. The molecule has 2 aromatic carbocycles. The first kappa shape index (κ1) is 23.4. The van der Waals surface area contributed by atoms with Crippen molar-refractivity contribution >= 4 is 25.7 Å². The van der Waals surface area contributed by atoms with Gasteiger partial charge in [-0.3, -0.25) is 4.72 Å². The largest absolute Gasteiger partial charge is 0.493 e. The second kappa shape index (κ2) is 9.05. The minimum Gasteiger partial charge on any atom is -0.493 e. The Morgan fingerprint density at radius 1 is 0.839 bits per heavy atom. The summed E-state index contributed by atoms with van der Waals surface area (Å²) in [5.74, 6) is 1.30. The van der Waals surface area contributed by atoms with E-state index in [2.05, 4.69) is 4.72 Å². The van der Waals surface area contributed by atoms with Crippen LogP contribution in [-0.2, 0) is 20.0 Å². The quantitative estimate of drug-likeness (QED) is 0.670. The number of ether oxygens (including phenoxy) is 2. The number of piperidine rings is 1. The molecule has 1 aliphatic heterocycles.